The van der Waals surface area contributed by atoms with Gasteiger partial charge in [0.05, 0.1) is 13.7 Å². The van der Waals surface area contributed by atoms with Gasteiger partial charge in [0.1, 0.15) is 11.6 Å². The quantitative estimate of drug-likeness (QED) is 0.777. The van der Waals surface area contributed by atoms with Crippen molar-refractivity contribution in [2.24, 2.45) is 0 Å². The summed E-state index contributed by atoms with van der Waals surface area (Å²) in [4.78, 5) is 19.4. The van der Waals surface area contributed by atoms with Crippen molar-refractivity contribution in [2.45, 2.75) is 19.4 Å². The molecule has 2 aromatic rings. The van der Waals surface area contributed by atoms with Crippen molar-refractivity contribution in [1.82, 2.24) is 9.80 Å². The standard InChI is InChI=1S/C23H28FN3O2/c1-29-22-9-8-20(24)15-19(22)16-25-11-13-26(14-12-25)17-23(28)27-10-4-6-18-5-2-3-7-21(18)27/h2-3,5,7-9,15H,4,6,10-14,16-17H2,1H3. The maximum Gasteiger partial charge on any atom is 0.241 e. The average Bonchev–Trinajstić information content (AvgIpc) is 2.75. The lowest BCUT2D eigenvalue weighted by molar-refractivity contribution is -0.120. The average molecular weight is 397 g/mol. The van der Waals surface area contributed by atoms with Gasteiger partial charge in [-0.15, -0.1) is 0 Å². The molecule has 2 aromatic carbocycles. The second-order valence-corrected chi connectivity index (χ2v) is 7.79. The molecule has 2 heterocycles. The number of anilines is 1. The largest absolute Gasteiger partial charge is 0.496 e. The number of nitrogens with zero attached hydrogens (tertiary/aromatic N) is 3. The Kier molecular flexibility index (Phi) is 6.11. The van der Waals surface area contributed by atoms with Crippen LogP contribution >= 0.6 is 0 Å². The number of hydrogen-bond donors (Lipinski definition) is 0. The van der Waals surface area contributed by atoms with Crippen LogP contribution in [-0.4, -0.2) is 62.1 Å². The lowest BCUT2D eigenvalue weighted by Gasteiger charge is -2.36. The first kappa shape index (κ1) is 19.9. The van der Waals surface area contributed by atoms with Gasteiger partial charge in [-0.1, -0.05) is 18.2 Å². The first-order valence-corrected chi connectivity index (χ1v) is 10.3. The molecule has 2 aliphatic rings. The predicted octanol–water partition coefficient (Wildman–Crippen LogP) is 2.93. The van der Waals surface area contributed by atoms with E-state index >= 15 is 0 Å². The highest BCUT2D eigenvalue weighted by atomic mass is 19.1. The van der Waals surface area contributed by atoms with E-state index in [0.29, 0.717) is 18.8 Å². The summed E-state index contributed by atoms with van der Waals surface area (Å²) in [5.41, 5.74) is 3.20. The first-order valence-electron chi connectivity index (χ1n) is 10.3. The Balaban J connectivity index is 1.32. The number of aryl methyl sites for hydroxylation is 1. The zero-order valence-corrected chi connectivity index (χ0v) is 16.9. The molecule has 0 saturated carbocycles. The van der Waals surface area contributed by atoms with Gasteiger partial charge in [-0.3, -0.25) is 14.6 Å². The Morgan fingerprint density at radius 1 is 1.03 bits per heavy atom. The molecule has 1 fully saturated rings. The molecular formula is C23H28FN3O2. The van der Waals surface area contributed by atoms with Gasteiger partial charge in [0.25, 0.3) is 0 Å². The molecular weight excluding hydrogens is 369 g/mol. The molecule has 0 bridgehead atoms. The third-order valence-electron chi connectivity index (χ3n) is 5.87. The Bertz CT molecular complexity index is 865. The van der Waals surface area contributed by atoms with Crippen molar-refractivity contribution in [2.75, 3.05) is 51.3 Å². The number of para-hydroxylation sites is 1. The van der Waals surface area contributed by atoms with E-state index in [9.17, 15) is 9.18 Å². The van der Waals surface area contributed by atoms with Crippen LogP contribution in [0.2, 0.25) is 0 Å². The zero-order chi connectivity index (χ0) is 20.2. The number of ether oxygens (including phenoxy) is 1. The molecule has 1 amide bonds. The molecule has 0 radical (unpaired) electrons. The highest BCUT2D eigenvalue weighted by Crippen LogP contribution is 2.27. The van der Waals surface area contributed by atoms with Crippen molar-refractivity contribution in [3.63, 3.8) is 0 Å². The first-order chi connectivity index (χ1) is 14.1. The molecule has 0 atom stereocenters. The molecule has 154 valence electrons. The van der Waals surface area contributed by atoms with E-state index in [0.717, 1.165) is 56.8 Å². The van der Waals surface area contributed by atoms with Crippen LogP contribution in [0.5, 0.6) is 5.75 Å². The van der Waals surface area contributed by atoms with E-state index in [2.05, 4.69) is 21.9 Å². The van der Waals surface area contributed by atoms with E-state index < -0.39 is 0 Å². The third-order valence-corrected chi connectivity index (χ3v) is 5.87. The van der Waals surface area contributed by atoms with Crippen LogP contribution < -0.4 is 9.64 Å². The minimum Gasteiger partial charge on any atom is -0.496 e. The molecule has 0 N–H and O–H groups in total. The fraction of sp³-hybridized carbons (Fsp3) is 0.435. The summed E-state index contributed by atoms with van der Waals surface area (Å²) in [6.45, 7) is 5.27. The van der Waals surface area contributed by atoms with Gasteiger partial charge >= 0.3 is 0 Å². The molecule has 2 aliphatic heterocycles. The Hall–Kier alpha value is -2.44. The van der Waals surface area contributed by atoms with Gasteiger partial charge in [0, 0.05) is 50.5 Å². The van der Waals surface area contributed by atoms with Crippen LogP contribution in [0.4, 0.5) is 10.1 Å². The van der Waals surface area contributed by atoms with E-state index in [1.165, 1.54) is 11.6 Å². The number of amides is 1. The van der Waals surface area contributed by atoms with Crippen molar-refractivity contribution >= 4 is 11.6 Å². The number of fused-ring (bicyclic) bond motifs is 1. The van der Waals surface area contributed by atoms with Crippen LogP contribution in [0, 0.1) is 5.82 Å². The highest BCUT2D eigenvalue weighted by molar-refractivity contribution is 5.95. The van der Waals surface area contributed by atoms with Crippen LogP contribution in [0.25, 0.3) is 0 Å². The molecule has 0 spiro atoms. The summed E-state index contributed by atoms with van der Waals surface area (Å²) < 4.78 is 19.0. The van der Waals surface area contributed by atoms with E-state index in [1.807, 2.05) is 17.0 Å². The third kappa shape index (κ3) is 4.60. The van der Waals surface area contributed by atoms with Crippen molar-refractivity contribution < 1.29 is 13.9 Å². The van der Waals surface area contributed by atoms with Gasteiger partial charge in [-0.2, -0.15) is 0 Å². The molecule has 4 rings (SSSR count). The number of carbonyl (C=O) groups is 1. The molecule has 0 aliphatic carbocycles. The lowest BCUT2D eigenvalue weighted by Crippen LogP contribution is -2.50. The van der Waals surface area contributed by atoms with Crippen LogP contribution in [-0.2, 0) is 17.8 Å². The smallest absolute Gasteiger partial charge is 0.241 e. The summed E-state index contributed by atoms with van der Waals surface area (Å²) in [5.74, 6) is 0.650. The summed E-state index contributed by atoms with van der Waals surface area (Å²) in [5, 5.41) is 0. The van der Waals surface area contributed by atoms with Gasteiger partial charge in [0.15, 0.2) is 0 Å². The van der Waals surface area contributed by atoms with Crippen LogP contribution in [0.15, 0.2) is 42.5 Å². The van der Waals surface area contributed by atoms with Crippen molar-refractivity contribution in [1.29, 1.82) is 0 Å². The number of halogens is 1. The Morgan fingerprint density at radius 2 is 1.79 bits per heavy atom. The Labute approximate surface area is 171 Å². The van der Waals surface area contributed by atoms with Gasteiger partial charge < -0.3 is 9.64 Å². The number of carbonyl (C=O) groups excluding carboxylic acids is 1. The van der Waals surface area contributed by atoms with Crippen LogP contribution in [0.3, 0.4) is 0 Å². The summed E-state index contributed by atoms with van der Waals surface area (Å²) in [6, 6.07) is 12.9. The number of hydrogen-bond acceptors (Lipinski definition) is 4. The van der Waals surface area contributed by atoms with Gasteiger partial charge in [-0.25, -0.2) is 4.39 Å². The molecule has 6 heteroatoms. The topological polar surface area (TPSA) is 36.0 Å². The van der Waals surface area contributed by atoms with E-state index in [-0.39, 0.29) is 11.7 Å². The SMILES string of the molecule is COc1ccc(F)cc1CN1CCN(CC(=O)N2CCCc3ccccc32)CC1. The molecule has 1 saturated heterocycles. The second-order valence-electron chi connectivity index (χ2n) is 7.79. The molecule has 5 nitrogen and oxygen atoms in total. The maximum atomic E-state index is 13.6. The lowest BCUT2D eigenvalue weighted by atomic mass is 10.0. The van der Waals surface area contributed by atoms with Crippen LogP contribution in [0.1, 0.15) is 17.5 Å². The molecule has 0 unspecified atom stereocenters. The number of piperazine rings is 1. The minimum atomic E-state index is -0.244. The number of benzene rings is 2. The highest BCUT2D eigenvalue weighted by Gasteiger charge is 2.26. The van der Waals surface area contributed by atoms with E-state index in [4.69, 9.17) is 4.74 Å². The maximum absolute atomic E-state index is 13.6. The summed E-state index contributed by atoms with van der Waals surface area (Å²) in [7, 11) is 1.61. The summed E-state index contributed by atoms with van der Waals surface area (Å²) in [6.07, 6.45) is 2.06. The van der Waals surface area contributed by atoms with Crippen molar-refractivity contribution in [3.8, 4) is 5.75 Å². The fourth-order valence-electron chi connectivity index (χ4n) is 4.29. The molecule has 0 aromatic heterocycles. The normalized spacial score (nSPS) is 17.8. The Morgan fingerprint density at radius 3 is 2.59 bits per heavy atom. The number of rotatable bonds is 5. The zero-order valence-electron chi connectivity index (χ0n) is 16.9. The number of methoxy groups -OCH3 is 1. The van der Waals surface area contributed by atoms with Gasteiger partial charge in [-0.05, 0) is 42.7 Å². The molecule has 29 heavy (non-hydrogen) atoms. The fourth-order valence-corrected chi connectivity index (χ4v) is 4.29. The minimum absolute atomic E-state index is 0.178. The monoisotopic (exact) mass is 397 g/mol. The second kappa shape index (κ2) is 8.93. The summed E-state index contributed by atoms with van der Waals surface area (Å²) >= 11 is 0. The predicted molar refractivity (Wildman–Crippen MR) is 112 cm³/mol. The van der Waals surface area contributed by atoms with E-state index in [1.54, 1.807) is 19.2 Å². The van der Waals surface area contributed by atoms with Gasteiger partial charge in [0.2, 0.25) is 5.91 Å². The van der Waals surface area contributed by atoms with Crippen molar-refractivity contribution in [3.05, 3.63) is 59.4 Å².